The highest BCUT2D eigenvalue weighted by Gasteiger charge is 2.36. The molecule has 0 aliphatic heterocycles. The summed E-state index contributed by atoms with van der Waals surface area (Å²) in [4.78, 5) is 36.2. The third-order valence-corrected chi connectivity index (χ3v) is 3.95. The van der Waals surface area contributed by atoms with E-state index in [0.717, 1.165) is 19.3 Å². The van der Waals surface area contributed by atoms with Gasteiger partial charge in [-0.05, 0) is 19.8 Å². The Labute approximate surface area is 125 Å². The number of hydrogen-bond acceptors (Lipinski definition) is 3. The first kappa shape index (κ1) is 17.3. The molecule has 3 amide bonds. The van der Waals surface area contributed by atoms with Gasteiger partial charge in [0.1, 0.15) is 6.54 Å². The maximum absolute atomic E-state index is 12.3. The second kappa shape index (κ2) is 7.85. The minimum Gasteiger partial charge on any atom is -0.481 e. The minimum atomic E-state index is -0.911. The van der Waals surface area contributed by atoms with E-state index in [9.17, 15) is 14.4 Å². The Balaban J connectivity index is 2.74. The molecule has 1 rings (SSSR count). The fraction of sp³-hybridized carbons (Fsp3) is 0.786. The molecule has 0 radical (unpaired) electrons. The maximum atomic E-state index is 12.3. The lowest BCUT2D eigenvalue weighted by molar-refractivity contribution is -0.139. The molecule has 0 aromatic heterocycles. The highest BCUT2D eigenvalue weighted by Crippen LogP contribution is 2.31. The third kappa shape index (κ3) is 5.24. The van der Waals surface area contributed by atoms with Crippen LogP contribution < -0.4 is 10.6 Å². The number of nitrogens with zero attached hydrogens (tertiary/aromatic N) is 1. The molecular weight excluding hydrogens is 274 g/mol. The van der Waals surface area contributed by atoms with Gasteiger partial charge in [-0.2, -0.15) is 0 Å². The molecule has 1 aliphatic carbocycles. The van der Waals surface area contributed by atoms with E-state index in [-0.39, 0.29) is 24.9 Å². The van der Waals surface area contributed by atoms with Gasteiger partial charge in [-0.15, -0.1) is 0 Å². The van der Waals surface area contributed by atoms with Crippen molar-refractivity contribution in [1.82, 2.24) is 15.5 Å². The molecule has 7 heteroatoms. The van der Waals surface area contributed by atoms with E-state index in [4.69, 9.17) is 5.11 Å². The van der Waals surface area contributed by atoms with Crippen molar-refractivity contribution in [1.29, 1.82) is 0 Å². The van der Waals surface area contributed by atoms with Crippen molar-refractivity contribution in [2.24, 2.45) is 0 Å². The number of aliphatic carboxylic acids is 1. The van der Waals surface area contributed by atoms with Gasteiger partial charge in [0, 0.05) is 13.6 Å². The van der Waals surface area contributed by atoms with Gasteiger partial charge in [0.15, 0.2) is 0 Å². The Morgan fingerprint density at radius 3 is 2.29 bits per heavy atom. The van der Waals surface area contributed by atoms with Crippen LogP contribution in [0, 0.1) is 0 Å². The normalized spacial score (nSPS) is 16.9. The van der Waals surface area contributed by atoms with E-state index < -0.39 is 11.5 Å². The third-order valence-electron chi connectivity index (χ3n) is 3.95. The molecule has 1 aliphatic rings. The molecule has 0 heterocycles. The number of carboxylic acid groups (broad SMARTS) is 1. The molecule has 0 spiro atoms. The van der Waals surface area contributed by atoms with Crippen molar-refractivity contribution >= 4 is 17.9 Å². The van der Waals surface area contributed by atoms with Gasteiger partial charge in [0.25, 0.3) is 0 Å². The summed E-state index contributed by atoms with van der Waals surface area (Å²) in [5.74, 6) is -1.16. The van der Waals surface area contributed by atoms with E-state index in [0.29, 0.717) is 19.4 Å². The molecular formula is C14H25N3O4. The van der Waals surface area contributed by atoms with E-state index in [1.54, 1.807) is 6.92 Å². The van der Waals surface area contributed by atoms with Crippen LogP contribution in [0.5, 0.6) is 0 Å². The Morgan fingerprint density at radius 1 is 1.19 bits per heavy atom. The van der Waals surface area contributed by atoms with E-state index in [1.165, 1.54) is 11.9 Å². The highest BCUT2D eigenvalue weighted by molar-refractivity contribution is 5.84. The van der Waals surface area contributed by atoms with E-state index in [2.05, 4.69) is 10.6 Å². The fourth-order valence-electron chi connectivity index (χ4n) is 2.75. The summed E-state index contributed by atoms with van der Waals surface area (Å²) in [6.45, 7) is 2.15. The molecule has 0 saturated heterocycles. The highest BCUT2D eigenvalue weighted by atomic mass is 16.4. The zero-order valence-electron chi connectivity index (χ0n) is 12.8. The van der Waals surface area contributed by atoms with Crippen molar-refractivity contribution in [3.05, 3.63) is 0 Å². The number of carbonyl (C=O) groups is 3. The van der Waals surface area contributed by atoms with Crippen LogP contribution in [0.1, 0.15) is 45.4 Å². The predicted octanol–water partition coefficient (Wildman–Crippen LogP) is 0.941. The number of amides is 3. The van der Waals surface area contributed by atoms with Crippen LogP contribution in [0.4, 0.5) is 4.79 Å². The molecule has 0 unspecified atom stereocenters. The lowest BCUT2D eigenvalue weighted by atomic mass is 9.79. The summed E-state index contributed by atoms with van der Waals surface area (Å²) in [7, 11) is 1.52. The quantitative estimate of drug-likeness (QED) is 0.679. The Morgan fingerprint density at radius 2 is 1.81 bits per heavy atom. The molecule has 3 N–H and O–H groups in total. The zero-order chi connectivity index (χ0) is 15.9. The molecule has 7 nitrogen and oxygen atoms in total. The zero-order valence-corrected chi connectivity index (χ0v) is 12.8. The summed E-state index contributed by atoms with van der Waals surface area (Å²) in [6.07, 6.45) is 4.15. The van der Waals surface area contributed by atoms with E-state index >= 15 is 0 Å². The van der Waals surface area contributed by atoms with Crippen LogP contribution in [0.2, 0.25) is 0 Å². The van der Waals surface area contributed by atoms with Crippen LogP contribution >= 0.6 is 0 Å². The van der Waals surface area contributed by atoms with Gasteiger partial charge in [-0.25, -0.2) is 4.79 Å². The Hall–Kier alpha value is -1.79. The number of carboxylic acids is 1. The van der Waals surface area contributed by atoms with Gasteiger partial charge in [-0.3, -0.25) is 9.59 Å². The smallest absolute Gasteiger partial charge is 0.318 e. The van der Waals surface area contributed by atoms with Gasteiger partial charge in [0.05, 0.1) is 12.0 Å². The average Bonchev–Trinajstić information content (AvgIpc) is 2.44. The molecule has 1 saturated carbocycles. The van der Waals surface area contributed by atoms with Crippen LogP contribution in [-0.4, -0.2) is 53.6 Å². The lowest BCUT2D eigenvalue weighted by Gasteiger charge is -2.38. The maximum Gasteiger partial charge on any atom is 0.318 e. The van der Waals surface area contributed by atoms with Crippen molar-refractivity contribution in [3.63, 3.8) is 0 Å². The monoisotopic (exact) mass is 299 g/mol. The number of likely N-dealkylation sites (N-methyl/N-ethyl adjacent to an activating group) is 2. The van der Waals surface area contributed by atoms with Gasteiger partial charge in [0.2, 0.25) is 5.91 Å². The average molecular weight is 299 g/mol. The first-order chi connectivity index (χ1) is 9.92. The number of nitrogens with one attached hydrogen (secondary N) is 2. The van der Waals surface area contributed by atoms with Crippen LogP contribution in [0.3, 0.4) is 0 Å². The largest absolute Gasteiger partial charge is 0.481 e. The second-order valence-electron chi connectivity index (χ2n) is 5.53. The summed E-state index contributed by atoms with van der Waals surface area (Å²) >= 11 is 0. The summed E-state index contributed by atoms with van der Waals surface area (Å²) in [6, 6.07) is -0.371. The predicted molar refractivity (Wildman–Crippen MR) is 77.9 cm³/mol. The summed E-state index contributed by atoms with van der Waals surface area (Å²) < 4.78 is 0. The van der Waals surface area contributed by atoms with Gasteiger partial charge in [-0.1, -0.05) is 19.3 Å². The van der Waals surface area contributed by atoms with Crippen LogP contribution in [-0.2, 0) is 9.59 Å². The number of hydrogen-bond donors (Lipinski definition) is 3. The molecule has 21 heavy (non-hydrogen) atoms. The van der Waals surface area contributed by atoms with E-state index in [1.807, 2.05) is 0 Å². The van der Waals surface area contributed by atoms with Crippen LogP contribution in [0.15, 0.2) is 0 Å². The van der Waals surface area contributed by atoms with Crippen molar-refractivity contribution < 1.29 is 19.5 Å². The SMILES string of the molecule is CCN(CC(=O)NC)C(=O)NC1(CC(=O)O)CCCCC1. The van der Waals surface area contributed by atoms with Crippen molar-refractivity contribution in [3.8, 4) is 0 Å². The molecule has 1 fully saturated rings. The molecule has 0 bridgehead atoms. The number of carbonyl (C=O) groups excluding carboxylic acids is 2. The van der Waals surface area contributed by atoms with Crippen LogP contribution in [0.25, 0.3) is 0 Å². The molecule has 0 aromatic rings. The molecule has 120 valence electrons. The fourth-order valence-corrected chi connectivity index (χ4v) is 2.75. The first-order valence-electron chi connectivity index (χ1n) is 7.42. The van der Waals surface area contributed by atoms with Crippen molar-refractivity contribution in [2.75, 3.05) is 20.1 Å². The topological polar surface area (TPSA) is 98.7 Å². The Kier molecular flexibility index (Phi) is 6.45. The van der Waals surface area contributed by atoms with Gasteiger partial charge >= 0.3 is 12.0 Å². The minimum absolute atomic E-state index is 0.0258. The Bertz CT molecular complexity index is 392. The van der Waals surface area contributed by atoms with Gasteiger partial charge < -0.3 is 20.6 Å². The summed E-state index contributed by atoms with van der Waals surface area (Å²) in [5.41, 5.74) is -0.683. The summed E-state index contributed by atoms with van der Waals surface area (Å²) in [5, 5.41) is 14.4. The second-order valence-corrected chi connectivity index (χ2v) is 5.53. The molecule has 0 atom stereocenters. The number of urea groups is 1. The molecule has 0 aromatic carbocycles. The number of rotatable bonds is 6. The first-order valence-corrected chi connectivity index (χ1v) is 7.42. The van der Waals surface area contributed by atoms with Crippen molar-refractivity contribution in [2.45, 2.75) is 51.0 Å². The lowest BCUT2D eigenvalue weighted by Crippen LogP contribution is -2.56. The standard InChI is InChI=1S/C14H25N3O4/c1-3-17(10-11(18)15-2)13(21)16-14(9-12(19)20)7-5-4-6-8-14/h3-10H2,1-2H3,(H,15,18)(H,16,21)(H,19,20).